The smallest absolute Gasteiger partial charge is 0.223 e. The van der Waals surface area contributed by atoms with Gasteiger partial charge in [-0.15, -0.1) is 0 Å². The van der Waals surface area contributed by atoms with E-state index in [2.05, 4.69) is 62.1 Å². The number of hydrogen-bond donors (Lipinski definition) is 1. The van der Waals surface area contributed by atoms with Gasteiger partial charge in [-0.1, -0.05) is 24.3 Å². The van der Waals surface area contributed by atoms with Crippen molar-refractivity contribution in [2.45, 2.75) is 25.3 Å². The molecule has 3 nitrogen and oxygen atoms in total. The summed E-state index contributed by atoms with van der Waals surface area (Å²) in [5, 5.41) is 3.44. The number of aryl methyl sites for hydroxylation is 1. The van der Waals surface area contributed by atoms with Gasteiger partial charge in [-0.05, 0) is 53.0 Å². The second kappa shape index (κ2) is 5.22. The lowest BCUT2D eigenvalue weighted by atomic mass is 9.88. The summed E-state index contributed by atoms with van der Waals surface area (Å²) < 4.78 is 1.06. The van der Waals surface area contributed by atoms with E-state index in [0.717, 1.165) is 15.9 Å². The number of hydrogen-bond acceptors (Lipinski definition) is 3. The SMILES string of the molecule is Ic1cnc(N[C@@H]2CCCc3ccccc32)nc1. The van der Waals surface area contributed by atoms with Crippen LogP contribution in [0.15, 0.2) is 36.7 Å². The summed E-state index contributed by atoms with van der Waals surface area (Å²) in [6.07, 6.45) is 7.22. The predicted molar refractivity (Wildman–Crippen MR) is 80.5 cm³/mol. The first-order valence-corrected chi connectivity index (χ1v) is 7.23. The molecule has 92 valence electrons. The van der Waals surface area contributed by atoms with Crippen molar-refractivity contribution < 1.29 is 0 Å². The van der Waals surface area contributed by atoms with E-state index in [1.165, 1.54) is 24.0 Å². The molecule has 0 unspecified atom stereocenters. The monoisotopic (exact) mass is 351 g/mol. The van der Waals surface area contributed by atoms with Crippen LogP contribution in [0.5, 0.6) is 0 Å². The number of nitrogens with zero attached hydrogens (tertiary/aromatic N) is 2. The maximum Gasteiger partial charge on any atom is 0.223 e. The van der Waals surface area contributed by atoms with Crippen molar-refractivity contribution in [2.75, 3.05) is 5.32 Å². The fraction of sp³-hybridized carbons (Fsp3) is 0.286. The average Bonchev–Trinajstić information content (AvgIpc) is 2.42. The molecule has 0 amide bonds. The zero-order valence-electron chi connectivity index (χ0n) is 9.94. The Labute approximate surface area is 120 Å². The summed E-state index contributed by atoms with van der Waals surface area (Å²) in [5.41, 5.74) is 2.85. The van der Waals surface area contributed by atoms with Crippen LogP contribution in [0.1, 0.15) is 30.0 Å². The summed E-state index contributed by atoms with van der Waals surface area (Å²) in [6.45, 7) is 0. The van der Waals surface area contributed by atoms with Gasteiger partial charge in [-0.25, -0.2) is 9.97 Å². The summed E-state index contributed by atoms with van der Waals surface area (Å²) in [5.74, 6) is 0.720. The Kier molecular flexibility index (Phi) is 3.45. The minimum atomic E-state index is 0.343. The molecule has 0 aliphatic heterocycles. The lowest BCUT2D eigenvalue weighted by molar-refractivity contribution is 0.596. The topological polar surface area (TPSA) is 37.8 Å². The molecule has 0 spiro atoms. The maximum absolute atomic E-state index is 4.32. The number of anilines is 1. The highest BCUT2D eigenvalue weighted by atomic mass is 127. The van der Waals surface area contributed by atoms with Crippen molar-refractivity contribution in [1.29, 1.82) is 0 Å². The Bertz CT molecular complexity index is 539. The van der Waals surface area contributed by atoms with Gasteiger partial charge in [0.2, 0.25) is 5.95 Å². The van der Waals surface area contributed by atoms with E-state index in [1.807, 2.05) is 12.4 Å². The number of benzene rings is 1. The minimum Gasteiger partial charge on any atom is -0.347 e. The molecule has 0 fully saturated rings. The van der Waals surface area contributed by atoms with Crippen LogP contribution in [-0.2, 0) is 6.42 Å². The Balaban J connectivity index is 1.84. The molecule has 0 saturated heterocycles. The van der Waals surface area contributed by atoms with E-state index < -0.39 is 0 Å². The van der Waals surface area contributed by atoms with Crippen molar-refractivity contribution in [1.82, 2.24) is 9.97 Å². The fourth-order valence-electron chi connectivity index (χ4n) is 2.45. The van der Waals surface area contributed by atoms with Gasteiger partial charge in [0.25, 0.3) is 0 Å². The summed E-state index contributed by atoms with van der Waals surface area (Å²) in [7, 11) is 0. The van der Waals surface area contributed by atoms with Gasteiger partial charge >= 0.3 is 0 Å². The molecular formula is C14H14IN3. The van der Waals surface area contributed by atoms with E-state index in [4.69, 9.17) is 0 Å². The first-order valence-electron chi connectivity index (χ1n) is 6.15. The normalized spacial score (nSPS) is 18.2. The summed E-state index contributed by atoms with van der Waals surface area (Å²) in [4.78, 5) is 8.63. The van der Waals surface area contributed by atoms with Crippen LogP contribution in [0.3, 0.4) is 0 Å². The number of aromatic nitrogens is 2. The zero-order valence-corrected chi connectivity index (χ0v) is 12.1. The Morgan fingerprint density at radius 3 is 2.78 bits per heavy atom. The lowest BCUT2D eigenvalue weighted by Crippen LogP contribution is -2.18. The van der Waals surface area contributed by atoms with Crippen LogP contribution in [0.4, 0.5) is 5.95 Å². The Morgan fingerprint density at radius 1 is 1.17 bits per heavy atom. The van der Waals surface area contributed by atoms with Crippen molar-refractivity contribution in [3.8, 4) is 0 Å². The molecule has 4 heteroatoms. The van der Waals surface area contributed by atoms with Gasteiger partial charge in [-0.2, -0.15) is 0 Å². The molecule has 1 aliphatic rings. The van der Waals surface area contributed by atoms with Gasteiger partial charge in [0.1, 0.15) is 0 Å². The maximum atomic E-state index is 4.32. The van der Waals surface area contributed by atoms with Gasteiger partial charge in [0.15, 0.2) is 0 Å². The van der Waals surface area contributed by atoms with Crippen molar-refractivity contribution in [3.63, 3.8) is 0 Å². The highest BCUT2D eigenvalue weighted by Crippen LogP contribution is 2.31. The van der Waals surface area contributed by atoms with Crippen molar-refractivity contribution in [3.05, 3.63) is 51.4 Å². The van der Waals surface area contributed by atoms with Crippen LogP contribution in [0.25, 0.3) is 0 Å². The van der Waals surface area contributed by atoms with Crippen LogP contribution in [-0.4, -0.2) is 9.97 Å². The van der Waals surface area contributed by atoms with Gasteiger partial charge < -0.3 is 5.32 Å². The van der Waals surface area contributed by atoms with E-state index in [9.17, 15) is 0 Å². The molecule has 1 heterocycles. The number of nitrogens with one attached hydrogen (secondary N) is 1. The minimum absolute atomic E-state index is 0.343. The predicted octanol–water partition coefficient (Wildman–Crippen LogP) is 3.57. The van der Waals surface area contributed by atoms with Crippen LogP contribution >= 0.6 is 22.6 Å². The van der Waals surface area contributed by atoms with Gasteiger partial charge in [0, 0.05) is 16.0 Å². The van der Waals surface area contributed by atoms with Gasteiger partial charge in [0.05, 0.1) is 6.04 Å². The van der Waals surface area contributed by atoms with E-state index in [1.54, 1.807) is 0 Å². The fourth-order valence-corrected chi connectivity index (χ4v) is 2.73. The molecule has 0 bridgehead atoms. The van der Waals surface area contributed by atoms with E-state index in [-0.39, 0.29) is 0 Å². The van der Waals surface area contributed by atoms with E-state index in [0.29, 0.717) is 6.04 Å². The molecule has 1 atom stereocenters. The molecule has 1 aromatic carbocycles. The van der Waals surface area contributed by atoms with Crippen LogP contribution in [0.2, 0.25) is 0 Å². The molecule has 18 heavy (non-hydrogen) atoms. The third kappa shape index (κ3) is 2.48. The lowest BCUT2D eigenvalue weighted by Gasteiger charge is -2.26. The number of halogens is 1. The standard InChI is InChI=1S/C14H14IN3/c15-11-8-16-14(17-9-11)18-13-7-3-5-10-4-1-2-6-12(10)13/h1-2,4,6,8-9,13H,3,5,7H2,(H,16,17,18)/t13-/m1/s1. The molecular weight excluding hydrogens is 337 g/mol. The molecule has 1 aromatic heterocycles. The molecule has 2 aromatic rings. The third-order valence-electron chi connectivity index (χ3n) is 3.29. The first-order chi connectivity index (χ1) is 8.83. The zero-order chi connectivity index (χ0) is 12.4. The quantitative estimate of drug-likeness (QED) is 0.841. The van der Waals surface area contributed by atoms with Crippen molar-refractivity contribution >= 4 is 28.5 Å². The Hall–Kier alpha value is -1.17. The van der Waals surface area contributed by atoms with Crippen LogP contribution < -0.4 is 5.32 Å². The molecule has 0 radical (unpaired) electrons. The third-order valence-corrected chi connectivity index (χ3v) is 3.85. The Morgan fingerprint density at radius 2 is 1.94 bits per heavy atom. The van der Waals surface area contributed by atoms with Gasteiger partial charge in [-0.3, -0.25) is 0 Å². The summed E-state index contributed by atoms with van der Waals surface area (Å²) >= 11 is 2.21. The molecule has 1 aliphatic carbocycles. The second-order valence-corrected chi connectivity index (χ2v) is 5.76. The van der Waals surface area contributed by atoms with E-state index >= 15 is 0 Å². The van der Waals surface area contributed by atoms with Crippen molar-refractivity contribution in [2.24, 2.45) is 0 Å². The highest BCUT2D eigenvalue weighted by molar-refractivity contribution is 14.1. The average molecular weight is 351 g/mol. The molecule has 3 rings (SSSR count). The molecule has 1 N–H and O–H groups in total. The van der Waals surface area contributed by atoms with Crippen LogP contribution in [0, 0.1) is 3.57 Å². The highest BCUT2D eigenvalue weighted by Gasteiger charge is 2.19. The largest absolute Gasteiger partial charge is 0.347 e. The molecule has 0 saturated carbocycles. The second-order valence-electron chi connectivity index (χ2n) is 4.51. The first kappa shape index (κ1) is 11.9. The summed E-state index contributed by atoms with van der Waals surface area (Å²) in [6, 6.07) is 8.99. The number of rotatable bonds is 2. The number of fused-ring (bicyclic) bond motifs is 1.